The molecule has 0 amide bonds. The molecular formula is C16H17Cl2N3. The Kier molecular flexibility index (Phi) is 4.05. The molecule has 21 heavy (non-hydrogen) atoms. The molecule has 1 N–H and O–H groups in total. The molecule has 2 aromatic rings. The Morgan fingerprint density at radius 1 is 1.24 bits per heavy atom. The molecule has 5 heteroatoms. The van der Waals surface area contributed by atoms with E-state index in [-0.39, 0.29) is 0 Å². The van der Waals surface area contributed by atoms with Crippen molar-refractivity contribution in [3.05, 3.63) is 39.6 Å². The van der Waals surface area contributed by atoms with Crippen LogP contribution in [0.25, 0.3) is 11.3 Å². The van der Waals surface area contributed by atoms with E-state index >= 15 is 0 Å². The van der Waals surface area contributed by atoms with Gasteiger partial charge in [-0.1, -0.05) is 35.3 Å². The minimum Gasteiger partial charge on any atom is -0.370 e. The summed E-state index contributed by atoms with van der Waals surface area (Å²) in [6.45, 7) is 4.90. The summed E-state index contributed by atoms with van der Waals surface area (Å²) in [5.41, 5.74) is 2.74. The van der Waals surface area contributed by atoms with Crippen LogP contribution in [0.3, 0.4) is 0 Å². The molecule has 1 aliphatic rings. The van der Waals surface area contributed by atoms with Gasteiger partial charge in [-0.25, -0.2) is 9.97 Å². The van der Waals surface area contributed by atoms with Crippen molar-refractivity contribution in [2.75, 3.05) is 11.9 Å². The fourth-order valence-corrected chi connectivity index (χ4v) is 2.74. The van der Waals surface area contributed by atoms with Gasteiger partial charge in [-0.2, -0.15) is 0 Å². The molecule has 1 saturated carbocycles. The Labute approximate surface area is 134 Å². The number of hydrogen-bond acceptors (Lipinski definition) is 3. The van der Waals surface area contributed by atoms with Gasteiger partial charge in [0.25, 0.3) is 0 Å². The second-order valence-electron chi connectivity index (χ2n) is 5.31. The molecule has 0 aliphatic heterocycles. The minimum absolute atomic E-state index is 0.486. The maximum Gasteiger partial charge on any atom is 0.134 e. The van der Waals surface area contributed by atoms with Gasteiger partial charge in [0.2, 0.25) is 0 Å². The van der Waals surface area contributed by atoms with Gasteiger partial charge in [0, 0.05) is 23.6 Å². The lowest BCUT2D eigenvalue weighted by molar-refractivity contribution is 0.918. The van der Waals surface area contributed by atoms with Crippen molar-refractivity contribution in [2.45, 2.75) is 32.6 Å². The predicted octanol–water partition coefficient (Wildman–Crippen LogP) is 5.07. The Hall–Kier alpha value is -1.32. The summed E-state index contributed by atoms with van der Waals surface area (Å²) < 4.78 is 0. The Balaban J connectivity index is 2.18. The third-order valence-electron chi connectivity index (χ3n) is 3.66. The van der Waals surface area contributed by atoms with Gasteiger partial charge in [-0.3, -0.25) is 0 Å². The van der Waals surface area contributed by atoms with E-state index in [0.717, 1.165) is 47.8 Å². The highest BCUT2D eigenvalue weighted by Gasteiger charge is 2.28. The standard InChI is InChI=1S/C16H17Cl2N3/c1-3-19-15-9(2)14(20-16(21-15)10-7-8-10)11-5-4-6-12(17)13(11)18/h4-6,10H,3,7-8H2,1-2H3,(H,19,20,21). The van der Waals surface area contributed by atoms with Gasteiger partial charge in [0.1, 0.15) is 11.6 Å². The van der Waals surface area contributed by atoms with Crippen LogP contribution >= 0.6 is 23.2 Å². The molecule has 1 aromatic heterocycles. The van der Waals surface area contributed by atoms with Gasteiger partial charge in [0.05, 0.1) is 15.7 Å². The molecule has 1 heterocycles. The quantitative estimate of drug-likeness (QED) is 0.854. The van der Waals surface area contributed by atoms with Crippen molar-refractivity contribution in [3.63, 3.8) is 0 Å². The van der Waals surface area contributed by atoms with E-state index < -0.39 is 0 Å². The fraction of sp³-hybridized carbons (Fsp3) is 0.375. The van der Waals surface area contributed by atoms with E-state index in [1.54, 1.807) is 6.07 Å². The third kappa shape index (κ3) is 2.85. The van der Waals surface area contributed by atoms with Gasteiger partial charge in [0.15, 0.2) is 0 Å². The van der Waals surface area contributed by atoms with E-state index in [9.17, 15) is 0 Å². The number of nitrogens with zero attached hydrogens (tertiary/aromatic N) is 2. The SMILES string of the molecule is CCNc1nc(C2CC2)nc(-c2cccc(Cl)c2Cl)c1C. The summed E-state index contributed by atoms with van der Waals surface area (Å²) in [6, 6.07) is 5.64. The number of nitrogens with one attached hydrogen (secondary N) is 1. The van der Waals surface area contributed by atoms with Crippen LogP contribution in [-0.4, -0.2) is 16.5 Å². The zero-order chi connectivity index (χ0) is 15.0. The van der Waals surface area contributed by atoms with Gasteiger partial charge >= 0.3 is 0 Å². The lowest BCUT2D eigenvalue weighted by atomic mass is 10.1. The minimum atomic E-state index is 0.486. The summed E-state index contributed by atoms with van der Waals surface area (Å²) in [5.74, 6) is 2.28. The van der Waals surface area contributed by atoms with Crippen LogP contribution in [-0.2, 0) is 0 Å². The number of anilines is 1. The van der Waals surface area contributed by atoms with Crippen LogP contribution in [0.4, 0.5) is 5.82 Å². The summed E-state index contributed by atoms with van der Waals surface area (Å²) >= 11 is 12.5. The smallest absolute Gasteiger partial charge is 0.134 e. The molecule has 1 fully saturated rings. The van der Waals surface area contributed by atoms with Crippen LogP contribution in [0.15, 0.2) is 18.2 Å². The van der Waals surface area contributed by atoms with Gasteiger partial charge in [-0.05, 0) is 32.8 Å². The largest absolute Gasteiger partial charge is 0.370 e. The van der Waals surface area contributed by atoms with Gasteiger partial charge < -0.3 is 5.32 Å². The third-order valence-corrected chi connectivity index (χ3v) is 4.48. The number of aromatic nitrogens is 2. The first-order valence-corrected chi connectivity index (χ1v) is 7.94. The van der Waals surface area contributed by atoms with E-state index in [1.165, 1.54) is 0 Å². The zero-order valence-corrected chi connectivity index (χ0v) is 13.6. The molecule has 0 saturated heterocycles. The topological polar surface area (TPSA) is 37.8 Å². The van der Waals surface area contributed by atoms with Crippen molar-refractivity contribution >= 4 is 29.0 Å². The van der Waals surface area contributed by atoms with Crippen LogP contribution in [0.5, 0.6) is 0 Å². The van der Waals surface area contributed by atoms with Crippen molar-refractivity contribution in [2.24, 2.45) is 0 Å². The Bertz CT molecular complexity index is 681. The molecule has 0 atom stereocenters. The molecule has 1 aliphatic carbocycles. The van der Waals surface area contributed by atoms with Crippen LogP contribution < -0.4 is 5.32 Å². The van der Waals surface area contributed by atoms with Crippen LogP contribution in [0.1, 0.15) is 37.1 Å². The van der Waals surface area contributed by atoms with E-state index in [2.05, 4.69) is 17.2 Å². The monoisotopic (exact) mass is 321 g/mol. The van der Waals surface area contributed by atoms with E-state index in [4.69, 9.17) is 28.2 Å². The first-order chi connectivity index (χ1) is 10.1. The van der Waals surface area contributed by atoms with Crippen LogP contribution in [0.2, 0.25) is 10.0 Å². The second kappa shape index (κ2) is 5.82. The van der Waals surface area contributed by atoms with E-state index in [1.807, 2.05) is 19.1 Å². The highest BCUT2D eigenvalue weighted by Crippen LogP contribution is 2.41. The molecule has 110 valence electrons. The van der Waals surface area contributed by atoms with Crippen molar-refractivity contribution < 1.29 is 0 Å². The molecule has 0 unspecified atom stereocenters. The van der Waals surface area contributed by atoms with Gasteiger partial charge in [-0.15, -0.1) is 0 Å². The van der Waals surface area contributed by atoms with E-state index in [0.29, 0.717) is 16.0 Å². The Morgan fingerprint density at radius 3 is 2.67 bits per heavy atom. The maximum absolute atomic E-state index is 6.36. The van der Waals surface area contributed by atoms with Crippen molar-refractivity contribution in [3.8, 4) is 11.3 Å². The summed E-state index contributed by atoms with van der Waals surface area (Å²) in [6.07, 6.45) is 2.33. The lowest BCUT2D eigenvalue weighted by Gasteiger charge is -2.14. The number of hydrogen-bond donors (Lipinski definition) is 1. The average molecular weight is 322 g/mol. The Morgan fingerprint density at radius 2 is 2.00 bits per heavy atom. The van der Waals surface area contributed by atoms with Crippen molar-refractivity contribution in [1.29, 1.82) is 0 Å². The summed E-state index contributed by atoms with van der Waals surface area (Å²) in [5, 5.41) is 4.41. The summed E-state index contributed by atoms with van der Waals surface area (Å²) in [4.78, 5) is 9.42. The number of benzene rings is 1. The fourth-order valence-electron chi connectivity index (χ4n) is 2.35. The average Bonchev–Trinajstić information content (AvgIpc) is 3.29. The molecule has 0 bridgehead atoms. The number of halogens is 2. The normalized spacial score (nSPS) is 14.3. The first-order valence-electron chi connectivity index (χ1n) is 7.18. The first kappa shape index (κ1) is 14.6. The van der Waals surface area contributed by atoms with Crippen LogP contribution in [0, 0.1) is 6.92 Å². The molecule has 0 radical (unpaired) electrons. The highest BCUT2D eigenvalue weighted by atomic mass is 35.5. The highest BCUT2D eigenvalue weighted by molar-refractivity contribution is 6.43. The predicted molar refractivity (Wildman–Crippen MR) is 88.4 cm³/mol. The molecule has 3 nitrogen and oxygen atoms in total. The molecule has 3 rings (SSSR count). The number of rotatable bonds is 4. The molecule has 1 aromatic carbocycles. The summed E-state index contributed by atoms with van der Waals surface area (Å²) in [7, 11) is 0. The second-order valence-corrected chi connectivity index (χ2v) is 6.10. The zero-order valence-electron chi connectivity index (χ0n) is 12.1. The molecule has 0 spiro atoms. The molecular weight excluding hydrogens is 305 g/mol. The lowest BCUT2D eigenvalue weighted by Crippen LogP contribution is -2.07. The van der Waals surface area contributed by atoms with Crippen molar-refractivity contribution in [1.82, 2.24) is 9.97 Å². The maximum atomic E-state index is 6.36.